The Hall–Kier alpha value is -2.66. The molecular formula is C17H13ClN2O3. The molecule has 0 spiro atoms. The van der Waals surface area contributed by atoms with E-state index < -0.39 is 17.7 Å². The molecule has 1 atom stereocenters. The first-order valence-electron chi connectivity index (χ1n) is 6.94. The molecule has 1 aliphatic heterocycles. The minimum Gasteiger partial charge on any atom is -0.503 e. The third kappa shape index (κ3) is 2.59. The fourth-order valence-corrected chi connectivity index (χ4v) is 2.81. The first-order valence-corrected chi connectivity index (χ1v) is 7.31. The van der Waals surface area contributed by atoms with Gasteiger partial charge in [-0.1, -0.05) is 23.7 Å². The quantitative estimate of drug-likeness (QED) is 0.939. The van der Waals surface area contributed by atoms with E-state index in [1.807, 2.05) is 0 Å². The molecule has 5 nitrogen and oxygen atoms in total. The Labute approximate surface area is 137 Å². The molecule has 2 heterocycles. The van der Waals surface area contributed by atoms with Crippen molar-refractivity contribution in [3.8, 4) is 0 Å². The van der Waals surface area contributed by atoms with Gasteiger partial charge in [0.25, 0.3) is 5.91 Å². The van der Waals surface area contributed by atoms with E-state index in [4.69, 9.17) is 11.6 Å². The lowest BCUT2D eigenvalue weighted by Gasteiger charge is -2.26. The predicted octanol–water partition coefficient (Wildman–Crippen LogP) is 3.22. The van der Waals surface area contributed by atoms with Crippen molar-refractivity contribution in [1.29, 1.82) is 0 Å². The summed E-state index contributed by atoms with van der Waals surface area (Å²) in [4.78, 5) is 29.8. The highest BCUT2D eigenvalue weighted by Crippen LogP contribution is 2.40. The molecule has 0 aliphatic carbocycles. The third-order valence-electron chi connectivity index (χ3n) is 3.70. The SMILES string of the molecule is CC(=O)C1=C(O)C(=O)N(c2cccnc2)[C@@H]1c1ccc(Cl)cc1. The molecule has 0 bridgehead atoms. The van der Waals surface area contributed by atoms with Gasteiger partial charge in [-0.2, -0.15) is 0 Å². The Kier molecular flexibility index (Phi) is 3.88. The van der Waals surface area contributed by atoms with E-state index in [1.54, 1.807) is 42.6 Å². The Morgan fingerprint density at radius 2 is 1.96 bits per heavy atom. The summed E-state index contributed by atoms with van der Waals surface area (Å²) in [5.41, 5.74) is 1.25. The topological polar surface area (TPSA) is 70.5 Å². The summed E-state index contributed by atoms with van der Waals surface area (Å²) in [6.45, 7) is 1.33. The largest absolute Gasteiger partial charge is 0.503 e. The number of aromatic nitrogens is 1. The normalized spacial score (nSPS) is 17.7. The molecule has 6 heteroatoms. The van der Waals surface area contributed by atoms with Crippen LogP contribution in [0.5, 0.6) is 0 Å². The molecule has 1 aromatic carbocycles. The zero-order valence-corrected chi connectivity index (χ0v) is 13.0. The number of hydrogen-bond acceptors (Lipinski definition) is 4. The van der Waals surface area contributed by atoms with Gasteiger partial charge in [0, 0.05) is 11.2 Å². The van der Waals surface area contributed by atoms with Crippen molar-refractivity contribution >= 4 is 29.0 Å². The molecule has 1 N–H and O–H groups in total. The number of anilines is 1. The van der Waals surface area contributed by atoms with Gasteiger partial charge in [-0.05, 0) is 36.8 Å². The molecule has 2 aromatic rings. The van der Waals surface area contributed by atoms with Crippen molar-refractivity contribution < 1.29 is 14.7 Å². The van der Waals surface area contributed by atoms with Crippen LogP contribution in [-0.2, 0) is 9.59 Å². The summed E-state index contributed by atoms with van der Waals surface area (Å²) in [6, 6.07) is 9.48. The number of halogens is 1. The van der Waals surface area contributed by atoms with Gasteiger partial charge >= 0.3 is 0 Å². The number of aliphatic hydroxyl groups excluding tert-OH is 1. The lowest BCUT2D eigenvalue weighted by atomic mass is 9.96. The van der Waals surface area contributed by atoms with Crippen LogP contribution in [0.1, 0.15) is 18.5 Å². The zero-order valence-electron chi connectivity index (χ0n) is 12.2. The van der Waals surface area contributed by atoms with Crippen LogP contribution >= 0.6 is 11.6 Å². The Morgan fingerprint density at radius 1 is 1.26 bits per heavy atom. The molecular weight excluding hydrogens is 316 g/mol. The molecule has 0 unspecified atom stereocenters. The average molecular weight is 329 g/mol. The Balaban J connectivity index is 2.17. The first-order chi connectivity index (χ1) is 11.0. The van der Waals surface area contributed by atoms with Gasteiger partial charge in [0.1, 0.15) is 0 Å². The summed E-state index contributed by atoms with van der Waals surface area (Å²) in [5, 5.41) is 10.7. The maximum Gasteiger partial charge on any atom is 0.294 e. The number of carbonyl (C=O) groups is 2. The number of nitrogens with zero attached hydrogens (tertiary/aromatic N) is 2. The first kappa shape index (κ1) is 15.2. The molecule has 3 rings (SSSR count). The third-order valence-corrected chi connectivity index (χ3v) is 3.95. The summed E-state index contributed by atoms with van der Waals surface area (Å²) in [7, 11) is 0. The standard InChI is InChI=1S/C17H13ClN2O3/c1-10(21)14-15(11-4-6-12(18)7-5-11)20(17(23)16(14)22)13-3-2-8-19-9-13/h2-9,15,22H,1H3/t15-/m1/s1. The lowest BCUT2D eigenvalue weighted by molar-refractivity contribution is -0.117. The fraction of sp³-hybridized carbons (Fsp3) is 0.118. The number of carbonyl (C=O) groups excluding carboxylic acids is 2. The maximum atomic E-state index is 12.5. The highest BCUT2D eigenvalue weighted by atomic mass is 35.5. The van der Waals surface area contributed by atoms with Crippen LogP contribution in [-0.4, -0.2) is 21.8 Å². The number of hydrogen-bond donors (Lipinski definition) is 1. The number of amides is 1. The van der Waals surface area contributed by atoms with E-state index in [0.29, 0.717) is 16.3 Å². The molecule has 0 saturated heterocycles. The van der Waals surface area contributed by atoms with E-state index in [1.165, 1.54) is 18.0 Å². The monoisotopic (exact) mass is 328 g/mol. The molecule has 0 saturated carbocycles. The number of benzene rings is 1. The molecule has 1 aromatic heterocycles. The summed E-state index contributed by atoms with van der Waals surface area (Å²) < 4.78 is 0. The molecule has 0 radical (unpaired) electrons. The van der Waals surface area contributed by atoms with Gasteiger partial charge in [0.2, 0.25) is 0 Å². The number of ketones is 1. The molecule has 116 valence electrons. The van der Waals surface area contributed by atoms with E-state index in [9.17, 15) is 14.7 Å². The Bertz CT molecular complexity index is 800. The second-order valence-electron chi connectivity index (χ2n) is 5.16. The van der Waals surface area contributed by atoms with Crippen molar-refractivity contribution in [3.63, 3.8) is 0 Å². The molecule has 1 aliphatic rings. The van der Waals surface area contributed by atoms with Crippen LogP contribution in [0.2, 0.25) is 5.02 Å². The van der Waals surface area contributed by atoms with Crippen LogP contribution in [0.15, 0.2) is 60.1 Å². The minimum absolute atomic E-state index is 0.0705. The van der Waals surface area contributed by atoms with Gasteiger partial charge in [0.15, 0.2) is 11.5 Å². The van der Waals surface area contributed by atoms with Crippen molar-refractivity contribution in [3.05, 3.63) is 70.7 Å². The van der Waals surface area contributed by atoms with Crippen LogP contribution in [0.25, 0.3) is 0 Å². The second-order valence-corrected chi connectivity index (χ2v) is 5.60. The highest BCUT2D eigenvalue weighted by Gasteiger charge is 2.43. The van der Waals surface area contributed by atoms with E-state index in [2.05, 4.69) is 4.98 Å². The van der Waals surface area contributed by atoms with Crippen molar-refractivity contribution in [2.75, 3.05) is 4.90 Å². The molecule has 1 amide bonds. The average Bonchev–Trinajstić information content (AvgIpc) is 2.81. The van der Waals surface area contributed by atoms with Gasteiger partial charge in [-0.15, -0.1) is 0 Å². The van der Waals surface area contributed by atoms with Crippen molar-refractivity contribution in [1.82, 2.24) is 4.98 Å². The predicted molar refractivity (Wildman–Crippen MR) is 86.3 cm³/mol. The van der Waals surface area contributed by atoms with Gasteiger partial charge < -0.3 is 5.11 Å². The summed E-state index contributed by atoms with van der Waals surface area (Å²) in [6.07, 6.45) is 3.09. The van der Waals surface area contributed by atoms with Crippen LogP contribution in [0, 0.1) is 0 Å². The van der Waals surface area contributed by atoms with Gasteiger partial charge in [0.05, 0.1) is 23.5 Å². The van der Waals surface area contributed by atoms with Crippen molar-refractivity contribution in [2.24, 2.45) is 0 Å². The number of rotatable bonds is 3. The zero-order chi connectivity index (χ0) is 16.6. The van der Waals surface area contributed by atoms with E-state index in [0.717, 1.165) is 0 Å². The molecule has 23 heavy (non-hydrogen) atoms. The Morgan fingerprint density at radius 3 is 2.52 bits per heavy atom. The maximum absolute atomic E-state index is 12.5. The van der Waals surface area contributed by atoms with Gasteiger partial charge in [-0.3, -0.25) is 19.5 Å². The second kappa shape index (κ2) is 5.85. The fourth-order valence-electron chi connectivity index (χ4n) is 2.69. The molecule has 0 fully saturated rings. The van der Waals surface area contributed by atoms with Gasteiger partial charge in [-0.25, -0.2) is 0 Å². The number of aliphatic hydroxyl groups is 1. The van der Waals surface area contributed by atoms with Crippen LogP contribution in [0.4, 0.5) is 5.69 Å². The van der Waals surface area contributed by atoms with Crippen LogP contribution in [0.3, 0.4) is 0 Å². The van der Waals surface area contributed by atoms with Crippen LogP contribution < -0.4 is 4.90 Å². The lowest BCUT2D eigenvalue weighted by Crippen LogP contribution is -2.30. The number of Topliss-reactive ketones (excluding diaryl/α,β-unsaturated/α-hetero) is 1. The van der Waals surface area contributed by atoms with E-state index >= 15 is 0 Å². The minimum atomic E-state index is -0.707. The summed E-state index contributed by atoms with van der Waals surface area (Å²) in [5.74, 6) is -1.51. The number of pyridine rings is 1. The smallest absolute Gasteiger partial charge is 0.294 e. The highest BCUT2D eigenvalue weighted by molar-refractivity contribution is 6.30. The van der Waals surface area contributed by atoms with E-state index in [-0.39, 0.29) is 11.4 Å². The summed E-state index contributed by atoms with van der Waals surface area (Å²) >= 11 is 5.91. The van der Waals surface area contributed by atoms with Crippen molar-refractivity contribution in [2.45, 2.75) is 13.0 Å².